The topological polar surface area (TPSA) is 93.2 Å². The highest BCUT2D eigenvalue weighted by molar-refractivity contribution is 5.87. The lowest BCUT2D eigenvalue weighted by Gasteiger charge is -2.24. The second kappa shape index (κ2) is 5.24. The summed E-state index contributed by atoms with van der Waals surface area (Å²) in [7, 11) is 3.39. The highest BCUT2D eigenvalue weighted by atomic mass is 16.2. The molecule has 0 radical (unpaired) electrons. The number of carbonyl (C=O) groups excluding carboxylic acids is 2. The smallest absolute Gasteiger partial charge is 0.244 e. The van der Waals surface area contributed by atoms with Gasteiger partial charge in [-0.2, -0.15) is 5.10 Å². The summed E-state index contributed by atoms with van der Waals surface area (Å²) in [5.74, 6) is -0.201. The van der Waals surface area contributed by atoms with E-state index in [4.69, 9.17) is 5.73 Å². The van der Waals surface area contributed by atoms with Crippen molar-refractivity contribution >= 4 is 11.8 Å². The van der Waals surface area contributed by atoms with Gasteiger partial charge in [0.25, 0.3) is 0 Å². The maximum absolute atomic E-state index is 12.4. The zero-order chi connectivity index (χ0) is 14.9. The number of rotatable bonds is 3. The maximum atomic E-state index is 12.4. The van der Waals surface area contributed by atoms with Gasteiger partial charge in [-0.3, -0.25) is 14.3 Å². The Morgan fingerprint density at radius 3 is 2.80 bits per heavy atom. The quantitative estimate of drug-likeness (QED) is 0.773. The monoisotopic (exact) mass is 279 g/mol. The van der Waals surface area contributed by atoms with Crippen LogP contribution in [-0.4, -0.2) is 46.6 Å². The molecule has 1 aromatic rings. The summed E-state index contributed by atoms with van der Waals surface area (Å²) < 4.78 is 1.61. The molecule has 1 fully saturated rings. The first-order chi connectivity index (χ1) is 9.37. The fraction of sp³-hybridized carbons (Fsp3) is 0.615. The summed E-state index contributed by atoms with van der Waals surface area (Å²) in [4.78, 5) is 25.9. The van der Waals surface area contributed by atoms with Gasteiger partial charge in [0.2, 0.25) is 11.8 Å². The Bertz CT molecular complexity index is 527. The zero-order valence-electron chi connectivity index (χ0n) is 12.1. The SMILES string of the molecule is CNC(=O)C1(C)CCN(C(=O)C(N)c2cnn(C)c2)C1. The summed E-state index contributed by atoms with van der Waals surface area (Å²) in [5, 5.41) is 6.67. The number of carbonyl (C=O) groups is 2. The van der Waals surface area contributed by atoms with Crippen molar-refractivity contribution in [2.24, 2.45) is 18.2 Å². The Morgan fingerprint density at radius 2 is 2.25 bits per heavy atom. The molecule has 0 saturated carbocycles. The second-order valence-electron chi connectivity index (χ2n) is 5.57. The van der Waals surface area contributed by atoms with Crippen molar-refractivity contribution in [3.63, 3.8) is 0 Å². The van der Waals surface area contributed by atoms with E-state index < -0.39 is 11.5 Å². The Morgan fingerprint density at radius 1 is 1.55 bits per heavy atom. The lowest BCUT2D eigenvalue weighted by Crippen LogP contribution is -2.42. The average molecular weight is 279 g/mol. The van der Waals surface area contributed by atoms with Crippen LogP contribution in [0, 0.1) is 5.41 Å². The molecule has 1 aliphatic heterocycles. The van der Waals surface area contributed by atoms with Crippen LogP contribution in [0.2, 0.25) is 0 Å². The summed E-state index contributed by atoms with van der Waals surface area (Å²) in [5.41, 5.74) is 6.14. The number of nitrogens with two attached hydrogens (primary N) is 1. The van der Waals surface area contributed by atoms with Gasteiger partial charge in [-0.1, -0.05) is 0 Å². The lowest BCUT2D eigenvalue weighted by molar-refractivity contribution is -0.133. The molecule has 3 N–H and O–H groups in total. The number of aromatic nitrogens is 2. The van der Waals surface area contributed by atoms with Gasteiger partial charge < -0.3 is 16.0 Å². The standard InChI is InChI=1S/C13H21N5O2/c1-13(12(20)15-2)4-5-18(8-13)11(19)10(14)9-6-16-17(3)7-9/h6-7,10H,4-5,8,14H2,1-3H3,(H,15,20). The third-order valence-corrected chi connectivity index (χ3v) is 3.91. The molecule has 0 aromatic carbocycles. The molecule has 1 aromatic heterocycles. The minimum absolute atomic E-state index is 0.0391. The van der Waals surface area contributed by atoms with Crippen LogP contribution in [0.3, 0.4) is 0 Å². The van der Waals surface area contributed by atoms with E-state index >= 15 is 0 Å². The number of aryl methyl sites for hydroxylation is 1. The summed E-state index contributed by atoms with van der Waals surface area (Å²) >= 11 is 0. The predicted molar refractivity (Wildman–Crippen MR) is 73.5 cm³/mol. The number of amides is 2. The normalized spacial score (nSPS) is 23.7. The van der Waals surface area contributed by atoms with Crippen LogP contribution in [0.15, 0.2) is 12.4 Å². The van der Waals surface area contributed by atoms with Crippen molar-refractivity contribution in [2.75, 3.05) is 20.1 Å². The van der Waals surface area contributed by atoms with Gasteiger partial charge in [-0.05, 0) is 13.3 Å². The van der Waals surface area contributed by atoms with Gasteiger partial charge in [0.05, 0.1) is 11.6 Å². The van der Waals surface area contributed by atoms with Gasteiger partial charge in [0, 0.05) is 38.9 Å². The first-order valence-corrected chi connectivity index (χ1v) is 6.62. The van der Waals surface area contributed by atoms with Crippen molar-refractivity contribution in [2.45, 2.75) is 19.4 Å². The summed E-state index contributed by atoms with van der Waals surface area (Å²) in [6.07, 6.45) is 3.98. The molecule has 0 aliphatic carbocycles. The fourth-order valence-corrected chi connectivity index (χ4v) is 2.58. The van der Waals surface area contributed by atoms with Gasteiger partial charge in [0.15, 0.2) is 0 Å². The van der Waals surface area contributed by atoms with Gasteiger partial charge in [0.1, 0.15) is 6.04 Å². The predicted octanol–water partition coefficient (Wildman–Crippen LogP) is -0.595. The van der Waals surface area contributed by atoms with Crippen molar-refractivity contribution in [3.05, 3.63) is 18.0 Å². The molecule has 0 spiro atoms. The molecule has 20 heavy (non-hydrogen) atoms. The van der Waals surface area contributed by atoms with Crippen LogP contribution in [0.1, 0.15) is 24.9 Å². The van der Waals surface area contributed by atoms with E-state index in [9.17, 15) is 9.59 Å². The number of hydrogen-bond acceptors (Lipinski definition) is 4. The van der Waals surface area contributed by atoms with Crippen LogP contribution in [0.25, 0.3) is 0 Å². The summed E-state index contributed by atoms with van der Waals surface area (Å²) in [6.45, 7) is 2.82. The maximum Gasteiger partial charge on any atom is 0.244 e. The molecular weight excluding hydrogens is 258 g/mol. The first-order valence-electron chi connectivity index (χ1n) is 6.62. The van der Waals surface area contributed by atoms with Crippen molar-refractivity contribution in [3.8, 4) is 0 Å². The zero-order valence-corrected chi connectivity index (χ0v) is 12.1. The van der Waals surface area contributed by atoms with Crippen molar-refractivity contribution in [1.29, 1.82) is 0 Å². The van der Waals surface area contributed by atoms with E-state index in [1.165, 1.54) is 0 Å². The van der Waals surface area contributed by atoms with Gasteiger partial charge >= 0.3 is 0 Å². The molecule has 7 heteroatoms. The molecule has 2 amide bonds. The molecule has 110 valence electrons. The number of likely N-dealkylation sites (tertiary alicyclic amines) is 1. The van der Waals surface area contributed by atoms with Gasteiger partial charge in [-0.25, -0.2) is 0 Å². The Hall–Kier alpha value is -1.89. The van der Waals surface area contributed by atoms with E-state index in [1.54, 1.807) is 36.1 Å². The van der Waals surface area contributed by atoms with Crippen molar-refractivity contribution < 1.29 is 9.59 Å². The molecule has 2 heterocycles. The Labute approximate surface area is 118 Å². The number of nitrogens with zero attached hydrogens (tertiary/aromatic N) is 3. The molecule has 1 aliphatic rings. The van der Waals surface area contributed by atoms with E-state index in [1.807, 2.05) is 6.92 Å². The minimum Gasteiger partial charge on any atom is -0.359 e. The Balaban J connectivity index is 2.06. The van der Waals surface area contributed by atoms with Crippen LogP contribution >= 0.6 is 0 Å². The Kier molecular flexibility index (Phi) is 3.80. The van der Waals surface area contributed by atoms with E-state index in [2.05, 4.69) is 10.4 Å². The average Bonchev–Trinajstić information content (AvgIpc) is 3.03. The third-order valence-electron chi connectivity index (χ3n) is 3.91. The highest BCUT2D eigenvalue weighted by Crippen LogP contribution is 2.31. The fourth-order valence-electron chi connectivity index (χ4n) is 2.58. The van der Waals surface area contributed by atoms with Gasteiger partial charge in [-0.15, -0.1) is 0 Å². The van der Waals surface area contributed by atoms with Crippen LogP contribution in [-0.2, 0) is 16.6 Å². The largest absolute Gasteiger partial charge is 0.359 e. The minimum atomic E-state index is -0.726. The van der Waals surface area contributed by atoms with Crippen LogP contribution in [0.5, 0.6) is 0 Å². The molecule has 2 rings (SSSR count). The van der Waals surface area contributed by atoms with E-state index in [-0.39, 0.29) is 11.8 Å². The van der Waals surface area contributed by atoms with Crippen LogP contribution < -0.4 is 11.1 Å². The second-order valence-corrected chi connectivity index (χ2v) is 5.57. The molecule has 0 bridgehead atoms. The molecule has 1 saturated heterocycles. The molecule has 7 nitrogen and oxygen atoms in total. The van der Waals surface area contributed by atoms with E-state index in [0.717, 1.165) is 0 Å². The highest BCUT2D eigenvalue weighted by Gasteiger charge is 2.42. The van der Waals surface area contributed by atoms with Crippen molar-refractivity contribution in [1.82, 2.24) is 20.0 Å². The molecule has 2 unspecified atom stereocenters. The molecule has 2 atom stereocenters. The summed E-state index contributed by atoms with van der Waals surface area (Å²) in [6, 6.07) is -0.726. The van der Waals surface area contributed by atoms with E-state index in [0.29, 0.717) is 25.1 Å². The van der Waals surface area contributed by atoms with Crippen LogP contribution in [0.4, 0.5) is 0 Å². The molecular formula is C13H21N5O2. The third kappa shape index (κ3) is 2.53. The number of nitrogens with one attached hydrogen (secondary N) is 1. The first kappa shape index (κ1) is 14.5. The number of hydrogen-bond donors (Lipinski definition) is 2. The lowest BCUT2D eigenvalue weighted by atomic mass is 9.89.